The summed E-state index contributed by atoms with van der Waals surface area (Å²) in [4.78, 5) is 21.8. The average molecular weight is 412 g/mol. The summed E-state index contributed by atoms with van der Waals surface area (Å²) in [5.41, 5.74) is 1.82. The Labute approximate surface area is 177 Å². The first-order chi connectivity index (χ1) is 14.5. The number of carbonyl (C=O) groups is 1. The molecule has 2 atom stereocenters. The number of hydrogen-bond acceptors (Lipinski definition) is 4. The predicted octanol–water partition coefficient (Wildman–Crippen LogP) is 4.20. The molecule has 5 nitrogen and oxygen atoms in total. The van der Waals surface area contributed by atoms with Crippen molar-refractivity contribution in [1.82, 2.24) is 14.8 Å². The Morgan fingerprint density at radius 1 is 1.20 bits per heavy atom. The summed E-state index contributed by atoms with van der Waals surface area (Å²) < 4.78 is 20.5. The number of likely N-dealkylation sites (tertiary alicyclic amines) is 2. The number of aryl methyl sites for hydroxylation is 1. The van der Waals surface area contributed by atoms with Crippen LogP contribution in [-0.4, -0.2) is 52.4 Å². The van der Waals surface area contributed by atoms with Gasteiger partial charge in [-0.1, -0.05) is 6.07 Å². The van der Waals surface area contributed by atoms with Crippen LogP contribution >= 0.6 is 0 Å². The van der Waals surface area contributed by atoms with Gasteiger partial charge >= 0.3 is 0 Å². The van der Waals surface area contributed by atoms with Crippen molar-refractivity contribution in [2.75, 3.05) is 19.6 Å². The fourth-order valence-corrected chi connectivity index (χ4v) is 4.58. The third kappa shape index (κ3) is 4.64. The van der Waals surface area contributed by atoms with E-state index >= 15 is 0 Å². The summed E-state index contributed by atoms with van der Waals surface area (Å²) in [6.45, 7) is 7.10. The first kappa shape index (κ1) is 20.8. The van der Waals surface area contributed by atoms with Crippen molar-refractivity contribution in [3.05, 3.63) is 59.2 Å². The Morgan fingerprint density at radius 3 is 2.77 bits per heavy atom. The van der Waals surface area contributed by atoms with Crippen molar-refractivity contribution >= 4 is 5.91 Å². The lowest BCUT2D eigenvalue weighted by atomic mass is 10.1. The molecule has 0 saturated carbocycles. The van der Waals surface area contributed by atoms with Gasteiger partial charge in [0.1, 0.15) is 18.2 Å². The van der Waals surface area contributed by atoms with Crippen molar-refractivity contribution in [3.63, 3.8) is 0 Å². The van der Waals surface area contributed by atoms with Crippen LogP contribution in [0.1, 0.15) is 54.4 Å². The SMILES string of the molecule is Cc1cccc(COc2ccc(C(=O)N3CCCC3CN3CCCC3C)c(F)c2)n1. The fraction of sp³-hybridized carbons (Fsp3) is 0.500. The third-order valence-electron chi connectivity index (χ3n) is 6.28. The lowest BCUT2D eigenvalue weighted by molar-refractivity contribution is 0.0692. The van der Waals surface area contributed by atoms with Crippen LogP contribution in [0, 0.1) is 12.7 Å². The first-order valence-corrected chi connectivity index (χ1v) is 10.9. The molecule has 0 bridgehead atoms. The second kappa shape index (κ2) is 9.13. The minimum Gasteiger partial charge on any atom is -0.487 e. The molecule has 30 heavy (non-hydrogen) atoms. The van der Waals surface area contributed by atoms with Crippen molar-refractivity contribution in [2.24, 2.45) is 0 Å². The van der Waals surface area contributed by atoms with Crippen LogP contribution < -0.4 is 4.74 Å². The summed E-state index contributed by atoms with van der Waals surface area (Å²) in [6.07, 6.45) is 4.40. The monoisotopic (exact) mass is 411 g/mol. The van der Waals surface area contributed by atoms with E-state index in [1.54, 1.807) is 12.1 Å². The molecule has 2 fully saturated rings. The molecular formula is C24H30FN3O2. The van der Waals surface area contributed by atoms with Crippen molar-refractivity contribution in [3.8, 4) is 5.75 Å². The van der Waals surface area contributed by atoms with E-state index in [2.05, 4.69) is 16.8 Å². The Hall–Kier alpha value is -2.47. The lowest BCUT2D eigenvalue weighted by Crippen LogP contribution is -2.44. The van der Waals surface area contributed by atoms with Crippen LogP contribution in [-0.2, 0) is 6.61 Å². The van der Waals surface area contributed by atoms with Gasteiger partial charge < -0.3 is 9.64 Å². The van der Waals surface area contributed by atoms with Gasteiger partial charge in [-0.25, -0.2) is 4.39 Å². The smallest absolute Gasteiger partial charge is 0.257 e. The van der Waals surface area contributed by atoms with E-state index < -0.39 is 5.82 Å². The Morgan fingerprint density at radius 2 is 2.03 bits per heavy atom. The Balaban J connectivity index is 1.41. The molecule has 4 rings (SSSR count). The predicted molar refractivity (Wildman–Crippen MR) is 114 cm³/mol. The number of hydrogen-bond donors (Lipinski definition) is 0. The second-order valence-corrected chi connectivity index (χ2v) is 8.48. The number of pyridine rings is 1. The average Bonchev–Trinajstić information content (AvgIpc) is 3.35. The van der Waals surface area contributed by atoms with Crippen molar-refractivity contribution < 1.29 is 13.9 Å². The topological polar surface area (TPSA) is 45.7 Å². The molecule has 0 spiro atoms. The molecule has 6 heteroatoms. The lowest BCUT2D eigenvalue weighted by Gasteiger charge is -2.31. The zero-order valence-electron chi connectivity index (χ0n) is 17.8. The molecule has 0 N–H and O–H groups in total. The molecule has 2 aromatic rings. The molecule has 3 heterocycles. The first-order valence-electron chi connectivity index (χ1n) is 10.9. The van der Waals surface area contributed by atoms with Gasteiger partial charge in [0.2, 0.25) is 0 Å². The Kier molecular flexibility index (Phi) is 6.32. The number of aromatic nitrogens is 1. The maximum Gasteiger partial charge on any atom is 0.257 e. The van der Waals surface area contributed by atoms with Crippen LogP contribution in [0.15, 0.2) is 36.4 Å². The number of carbonyl (C=O) groups excluding carboxylic acids is 1. The standard InChI is InChI=1S/C24H30FN3O2/c1-17-6-3-8-19(26-17)16-30-21-10-11-22(23(25)14-21)24(29)28-13-5-9-20(28)15-27-12-4-7-18(27)2/h3,6,8,10-11,14,18,20H,4-5,7,9,12-13,15-16H2,1-2H3. The molecule has 2 saturated heterocycles. The van der Waals surface area contributed by atoms with Gasteiger partial charge in [0.05, 0.1) is 11.3 Å². The molecule has 2 aliphatic heterocycles. The highest BCUT2D eigenvalue weighted by molar-refractivity contribution is 5.95. The number of amides is 1. The Bertz CT molecular complexity index is 904. The van der Waals surface area contributed by atoms with Crippen LogP contribution in [0.4, 0.5) is 4.39 Å². The van der Waals surface area contributed by atoms with Crippen LogP contribution in [0.3, 0.4) is 0 Å². The molecule has 1 aromatic carbocycles. The summed E-state index contributed by atoms with van der Waals surface area (Å²) in [7, 11) is 0. The fourth-order valence-electron chi connectivity index (χ4n) is 4.58. The van der Waals surface area contributed by atoms with Crippen LogP contribution in [0.25, 0.3) is 0 Å². The van der Waals surface area contributed by atoms with Gasteiger partial charge in [0.15, 0.2) is 0 Å². The van der Waals surface area contributed by atoms with E-state index in [1.165, 1.54) is 18.9 Å². The van der Waals surface area contributed by atoms with E-state index in [9.17, 15) is 9.18 Å². The molecule has 0 aliphatic carbocycles. The van der Waals surface area contributed by atoms with Crippen LogP contribution in [0.5, 0.6) is 5.75 Å². The van der Waals surface area contributed by atoms with Gasteiger partial charge in [0.25, 0.3) is 5.91 Å². The van der Waals surface area contributed by atoms with E-state index in [1.807, 2.05) is 30.0 Å². The maximum absolute atomic E-state index is 14.8. The normalized spacial score (nSPS) is 21.9. The molecule has 160 valence electrons. The number of nitrogens with zero attached hydrogens (tertiary/aromatic N) is 3. The van der Waals surface area contributed by atoms with Crippen molar-refractivity contribution in [2.45, 2.75) is 58.2 Å². The van der Waals surface area contributed by atoms with Crippen LogP contribution in [0.2, 0.25) is 0 Å². The minimum absolute atomic E-state index is 0.123. The molecule has 0 radical (unpaired) electrons. The zero-order valence-corrected chi connectivity index (χ0v) is 17.8. The summed E-state index contributed by atoms with van der Waals surface area (Å²) in [5.74, 6) is -0.347. The van der Waals surface area contributed by atoms with Crippen molar-refractivity contribution in [1.29, 1.82) is 0 Å². The minimum atomic E-state index is -0.533. The molecule has 1 amide bonds. The molecule has 1 aromatic heterocycles. The number of rotatable bonds is 6. The number of ether oxygens (including phenoxy) is 1. The van der Waals surface area contributed by atoms with Gasteiger partial charge in [0, 0.05) is 36.9 Å². The zero-order chi connectivity index (χ0) is 21.1. The highest BCUT2D eigenvalue weighted by Gasteiger charge is 2.33. The number of benzene rings is 1. The highest BCUT2D eigenvalue weighted by atomic mass is 19.1. The molecule has 2 aliphatic rings. The molecule has 2 unspecified atom stereocenters. The largest absolute Gasteiger partial charge is 0.487 e. The molecular weight excluding hydrogens is 381 g/mol. The quantitative estimate of drug-likeness (QED) is 0.715. The van der Waals surface area contributed by atoms with E-state index in [0.717, 1.165) is 37.3 Å². The van der Waals surface area contributed by atoms with Gasteiger partial charge in [-0.15, -0.1) is 0 Å². The van der Waals surface area contributed by atoms with Gasteiger partial charge in [-0.3, -0.25) is 14.7 Å². The summed E-state index contributed by atoms with van der Waals surface area (Å²) in [5, 5.41) is 0. The summed E-state index contributed by atoms with van der Waals surface area (Å²) in [6, 6.07) is 11.0. The maximum atomic E-state index is 14.8. The highest BCUT2D eigenvalue weighted by Crippen LogP contribution is 2.26. The van der Waals surface area contributed by atoms with E-state index in [4.69, 9.17) is 4.74 Å². The second-order valence-electron chi connectivity index (χ2n) is 8.48. The summed E-state index contributed by atoms with van der Waals surface area (Å²) >= 11 is 0. The van der Waals surface area contributed by atoms with Gasteiger partial charge in [-0.05, 0) is 70.3 Å². The van der Waals surface area contributed by atoms with E-state index in [0.29, 0.717) is 18.3 Å². The van der Waals surface area contributed by atoms with Gasteiger partial charge in [-0.2, -0.15) is 0 Å². The van der Waals surface area contributed by atoms with E-state index in [-0.39, 0.29) is 24.1 Å². The third-order valence-corrected chi connectivity index (χ3v) is 6.28. The number of halogens is 1.